The van der Waals surface area contributed by atoms with Crippen LogP contribution in [-0.4, -0.2) is 15.7 Å². The van der Waals surface area contributed by atoms with Crippen LogP contribution in [0.3, 0.4) is 0 Å². The maximum atomic E-state index is 12.3. The fourth-order valence-electron chi connectivity index (χ4n) is 2.06. The Hall–Kier alpha value is -2.94. The van der Waals surface area contributed by atoms with Gasteiger partial charge in [-0.15, -0.1) is 5.10 Å². The number of benzene rings is 1. The number of hydrogen-bond donors (Lipinski definition) is 0. The van der Waals surface area contributed by atoms with E-state index in [0.717, 1.165) is 4.68 Å². The molecule has 19 heavy (non-hydrogen) atoms. The van der Waals surface area contributed by atoms with Crippen LogP contribution >= 0.6 is 0 Å². The van der Waals surface area contributed by atoms with Crippen LogP contribution in [0.15, 0.2) is 33.5 Å². The van der Waals surface area contributed by atoms with Gasteiger partial charge < -0.3 is 4.42 Å². The zero-order valence-corrected chi connectivity index (χ0v) is 9.88. The summed E-state index contributed by atoms with van der Waals surface area (Å²) in [6.07, 6.45) is 0. The molecule has 0 aromatic heterocycles. The van der Waals surface area contributed by atoms with Crippen LogP contribution < -0.4 is 5.43 Å². The normalized spacial score (nSPS) is 10.7. The van der Waals surface area contributed by atoms with Crippen molar-refractivity contribution in [2.24, 2.45) is 0 Å². The summed E-state index contributed by atoms with van der Waals surface area (Å²) in [6.45, 7) is 1.27. The minimum absolute atomic E-state index is 0.0627. The summed E-state index contributed by atoms with van der Waals surface area (Å²) in [4.78, 5) is 23.8. The van der Waals surface area contributed by atoms with Crippen molar-refractivity contribution >= 4 is 16.7 Å². The predicted octanol–water partition coefficient (Wildman–Crippen LogP) is 1.25. The van der Waals surface area contributed by atoms with Crippen molar-refractivity contribution in [1.29, 1.82) is 5.26 Å². The Balaban J connectivity index is 2.73. The van der Waals surface area contributed by atoms with Crippen molar-refractivity contribution in [1.82, 2.24) is 9.78 Å². The molecule has 0 saturated heterocycles. The van der Waals surface area contributed by atoms with Crippen molar-refractivity contribution in [2.45, 2.75) is 6.92 Å². The summed E-state index contributed by atoms with van der Waals surface area (Å²) in [6, 6.07) is 8.55. The number of aromatic nitrogens is 2. The van der Waals surface area contributed by atoms with Gasteiger partial charge in [-0.1, -0.05) is 24.3 Å². The number of carbonyl (C=O) groups excluding carboxylic acids is 1. The van der Waals surface area contributed by atoms with Crippen molar-refractivity contribution in [3.8, 4) is 6.07 Å². The molecule has 1 aromatic carbocycles. The topological polar surface area (TPSA) is 88.9 Å². The Morgan fingerprint density at radius 1 is 1.37 bits per heavy atom. The summed E-state index contributed by atoms with van der Waals surface area (Å²) in [5.41, 5.74) is -0.121. The summed E-state index contributed by atoms with van der Waals surface area (Å²) in [5, 5.41) is 13.7. The number of nitriles is 1. The van der Waals surface area contributed by atoms with Crippen LogP contribution in [0.2, 0.25) is 0 Å². The highest BCUT2D eigenvalue weighted by atomic mass is 16.3. The quantitative estimate of drug-likeness (QED) is 0.601. The highest BCUT2D eigenvalue weighted by Crippen LogP contribution is 2.15. The van der Waals surface area contributed by atoms with Crippen molar-refractivity contribution in [3.63, 3.8) is 0 Å². The number of hydrogen-bond acceptors (Lipinski definition) is 5. The van der Waals surface area contributed by atoms with Gasteiger partial charge in [-0.25, -0.2) is 0 Å². The number of nitrogens with zero attached hydrogens (tertiary/aromatic N) is 3. The van der Waals surface area contributed by atoms with Gasteiger partial charge in [-0.05, 0) is 0 Å². The van der Waals surface area contributed by atoms with E-state index in [-0.39, 0.29) is 22.1 Å². The van der Waals surface area contributed by atoms with Gasteiger partial charge >= 0.3 is 5.89 Å². The van der Waals surface area contributed by atoms with Crippen LogP contribution in [0, 0.1) is 22.1 Å². The van der Waals surface area contributed by atoms with Crippen LogP contribution in [-0.2, 0) is 0 Å². The summed E-state index contributed by atoms with van der Waals surface area (Å²) < 4.78 is 6.21. The summed E-state index contributed by atoms with van der Waals surface area (Å²) >= 11 is 0. The maximum Gasteiger partial charge on any atom is 0.318 e. The van der Waals surface area contributed by atoms with E-state index < -0.39 is 5.91 Å². The minimum atomic E-state index is -0.454. The van der Waals surface area contributed by atoms with Gasteiger partial charge in [0.05, 0.1) is 0 Å². The van der Waals surface area contributed by atoms with Crippen molar-refractivity contribution in [2.75, 3.05) is 0 Å². The van der Waals surface area contributed by atoms with Crippen molar-refractivity contribution < 1.29 is 9.21 Å². The molecule has 0 radical (unpaired) electrons. The van der Waals surface area contributed by atoms with Gasteiger partial charge in [0.2, 0.25) is 11.3 Å². The Kier molecular flexibility index (Phi) is 2.22. The first-order valence-electron chi connectivity index (χ1n) is 5.49. The van der Waals surface area contributed by atoms with Gasteiger partial charge in [0, 0.05) is 17.7 Å². The molecule has 0 spiro atoms. The standard InChI is InChI=1S/C13H7N3O3/c1-7(17)16-11-12(18)8-4-2-3-5-9(8)13(11)19-10(6-14)15-16/h2-5H,1H3. The molecular formula is C13H7N3O3. The molecular weight excluding hydrogens is 246 g/mol. The first-order chi connectivity index (χ1) is 9.13. The fraction of sp³-hybridized carbons (Fsp3) is 0.0769. The van der Waals surface area contributed by atoms with Gasteiger partial charge in [0.1, 0.15) is 0 Å². The molecule has 0 unspecified atom stereocenters. The van der Waals surface area contributed by atoms with Crippen LogP contribution in [0.25, 0.3) is 10.8 Å². The number of rotatable bonds is 0. The minimum Gasteiger partial charge on any atom is -0.427 e. The molecule has 0 atom stereocenters. The lowest BCUT2D eigenvalue weighted by Crippen LogP contribution is -2.18. The lowest BCUT2D eigenvalue weighted by molar-refractivity contribution is 0.0910. The van der Waals surface area contributed by atoms with E-state index in [4.69, 9.17) is 9.68 Å². The second kappa shape index (κ2) is 3.78. The second-order valence-electron chi connectivity index (χ2n) is 4.00. The second-order valence-corrected chi connectivity index (χ2v) is 4.00. The highest BCUT2D eigenvalue weighted by molar-refractivity contribution is 5.84. The molecule has 6 heteroatoms. The first kappa shape index (κ1) is 11.2. The summed E-state index contributed by atoms with van der Waals surface area (Å²) in [5.74, 6) is -0.719. The van der Waals surface area contributed by atoms with E-state index >= 15 is 0 Å². The largest absolute Gasteiger partial charge is 0.427 e. The molecule has 2 aliphatic rings. The Morgan fingerprint density at radius 2 is 2.05 bits per heavy atom. The molecule has 0 fully saturated rings. The zero-order valence-electron chi connectivity index (χ0n) is 9.88. The van der Waals surface area contributed by atoms with Gasteiger partial charge in [-0.3, -0.25) is 9.59 Å². The molecule has 0 saturated carbocycles. The molecule has 0 bridgehead atoms. The van der Waals surface area contributed by atoms with Crippen molar-refractivity contribution in [3.05, 3.63) is 51.1 Å². The Bertz CT molecular complexity index is 975. The molecule has 92 valence electrons. The summed E-state index contributed by atoms with van der Waals surface area (Å²) in [7, 11) is 0. The third-order valence-electron chi connectivity index (χ3n) is 2.84. The smallest absolute Gasteiger partial charge is 0.318 e. The van der Waals surface area contributed by atoms with E-state index in [1.165, 1.54) is 6.92 Å². The zero-order chi connectivity index (χ0) is 13.6. The van der Waals surface area contributed by atoms with Gasteiger partial charge in [0.25, 0.3) is 0 Å². The molecule has 1 aromatic rings. The fourth-order valence-corrected chi connectivity index (χ4v) is 2.06. The van der Waals surface area contributed by atoms with E-state index in [0.29, 0.717) is 10.8 Å². The highest BCUT2D eigenvalue weighted by Gasteiger charge is 2.16. The lowest BCUT2D eigenvalue weighted by atomic mass is 10.2. The molecule has 3 rings (SSSR count). The van der Waals surface area contributed by atoms with E-state index in [9.17, 15) is 9.59 Å². The molecule has 0 amide bonds. The monoisotopic (exact) mass is 253 g/mol. The van der Waals surface area contributed by atoms with Gasteiger partial charge in [-0.2, -0.15) is 9.94 Å². The Morgan fingerprint density at radius 3 is 2.68 bits per heavy atom. The predicted molar refractivity (Wildman–Crippen MR) is 64.6 cm³/mol. The van der Waals surface area contributed by atoms with E-state index in [1.807, 2.05) is 0 Å². The third kappa shape index (κ3) is 1.45. The molecule has 1 aliphatic carbocycles. The Labute approximate surface area is 106 Å². The van der Waals surface area contributed by atoms with Gasteiger partial charge in [0.15, 0.2) is 16.8 Å². The molecule has 1 aliphatic heterocycles. The molecule has 6 nitrogen and oxygen atoms in total. The average molecular weight is 253 g/mol. The number of fused-ring (bicyclic) bond motifs is 2. The number of carbonyl (C=O) groups is 1. The third-order valence-corrected chi connectivity index (χ3v) is 2.84. The maximum absolute atomic E-state index is 12.3. The molecule has 1 heterocycles. The molecule has 0 N–H and O–H groups in total. The SMILES string of the molecule is CC(=O)n1nc(C#N)oc2c3ccccc3c(=O)c1=2. The average Bonchev–Trinajstić information content (AvgIpc) is 2.72. The van der Waals surface area contributed by atoms with E-state index in [1.54, 1.807) is 30.3 Å². The van der Waals surface area contributed by atoms with Crippen LogP contribution in [0.5, 0.6) is 0 Å². The van der Waals surface area contributed by atoms with Crippen LogP contribution in [0.1, 0.15) is 17.6 Å². The van der Waals surface area contributed by atoms with E-state index in [2.05, 4.69) is 5.10 Å². The first-order valence-corrected chi connectivity index (χ1v) is 5.49. The van der Waals surface area contributed by atoms with Crippen LogP contribution in [0.4, 0.5) is 0 Å². The lowest BCUT2D eigenvalue weighted by Gasteiger charge is -1.99.